The van der Waals surface area contributed by atoms with E-state index in [0.29, 0.717) is 5.69 Å². The summed E-state index contributed by atoms with van der Waals surface area (Å²) in [7, 11) is -2.82. The molecule has 1 unspecified atom stereocenters. The first-order valence-electron chi connectivity index (χ1n) is 8.62. The third-order valence-electron chi connectivity index (χ3n) is 3.89. The minimum absolute atomic E-state index is 0.00526. The minimum Gasteiger partial charge on any atom is -0.495 e. The van der Waals surface area contributed by atoms with E-state index in [1.807, 2.05) is 6.92 Å². The van der Waals surface area contributed by atoms with Gasteiger partial charge in [-0.3, -0.25) is 14.8 Å². The molecule has 0 aliphatic heterocycles. The van der Waals surface area contributed by atoms with Gasteiger partial charge < -0.3 is 15.2 Å². The quantitative estimate of drug-likeness (QED) is 0.557. The number of hydrogen-bond acceptors (Lipinski definition) is 7. The first-order valence-corrected chi connectivity index (χ1v) is 10.1. The number of imide groups is 1. The highest BCUT2D eigenvalue weighted by Gasteiger charge is 2.25. The van der Waals surface area contributed by atoms with Crippen molar-refractivity contribution in [2.24, 2.45) is 5.73 Å². The van der Waals surface area contributed by atoms with E-state index in [1.54, 1.807) is 29.6 Å². The summed E-state index contributed by atoms with van der Waals surface area (Å²) < 4.78 is 38.1. The number of nitrogens with one attached hydrogen (secondary N) is 2. The van der Waals surface area contributed by atoms with Crippen LogP contribution in [0.3, 0.4) is 0 Å². The lowest BCUT2D eigenvalue weighted by atomic mass is 10.2. The highest BCUT2D eigenvalue weighted by molar-refractivity contribution is 7.92. The standard InChI is InChI=1S/C19H21N3O7S/c1-11-4-7-14(8-5-11)22-30(26,27)16-10-13(6-9-15(16)28-3)18(24)29-12(2)17(23)21-19(20)25/h4-10,12,22H,1-3H3,(H3,20,21,23,25). The number of anilines is 1. The summed E-state index contributed by atoms with van der Waals surface area (Å²) in [6, 6.07) is 9.20. The molecule has 0 bridgehead atoms. The van der Waals surface area contributed by atoms with Gasteiger partial charge in [-0.25, -0.2) is 18.0 Å². The number of benzene rings is 2. The number of rotatable bonds is 7. The van der Waals surface area contributed by atoms with Crippen molar-refractivity contribution in [2.75, 3.05) is 11.8 Å². The van der Waals surface area contributed by atoms with Gasteiger partial charge in [0.1, 0.15) is 10.6 Å². The lowest BCUT2D eigenvalue weighted by Crippen LogP contribution is -2.42. The summed E-state index contributed by atoms with van der Waals surface area (Å²) in [4.78, 5) is 34.4. The summed E-state index contributed by atoms with van der Waals surface area (Å²) in [5.74, 6) is -1.89. The van der Waals surface area contributed by atoms with Gasteiger partial charge in [0, 0.05) is 5.69 Å². The highest BCUT2D eigenvalue weighted by Crippen LogP contribution is 2.27. The Bertz CT molecular complexity index is 1070. The molecule has 1 atom stereocenters. The molecule has 0 radical (unpaired) electrons. The van der Waals surface area contributed by atoms with Crippen LogP contribution in [0.5, 0.6) is 5.75 Å². The zero-order valence-corrected chi connectivity index (χ0v) is 17.3. The summed E-state index contributed by atoms with van der Waals surface area (Å²) in [5, 5.41) is 1.78. The fourth-order valence-corrected chi connectivity index (χ4v) is 3.61. The maximum atomic E-state index is 12.8. The molecule has 2 aromatic rings. The molecule has 0 heterocycles. The molecule has 0 fully saturated rings. The van der Waals surface area contributed by atoms with E-state index in [2.05, 4.69) is 4.72 Å². The average molecular weight is 435 g/mol. The maximum absolute atomic E-state index is 12.8. The topological polar surface area (TPSA) is 154 Å². The van der Waals surface area contributed by atoms with E-state index in [1.165, 1.54) is 26.2 Å². The number of urea groups is 1. The first kappa shape index (κ1) is 22.7. The second-order valence-electron chi connectivity index (χ2n) is 6.24. The number of primary amides is 1. The predicted octanol–water partition coefficient (Wildman–Crippen LogP) is 1.54. The van der Waals surface area contributed by atoms with E-state index in [4.69, 9.17) is 15.2 Å². The maximum Gasteiger partial charge on any atom is 0.338 e. The van der Waals surface area contributed by atoms with Crippen LogP contribution in [0.25, 0.3) is 0 Å². The van der Waals surface area contributed by atoms with Crippen LogP contribution in [-0.2, 0) is 19.6 Å². The molecule has 0 spiro atoms. The Balaban J connectivity index is 2.29. The summed E-state index contributed by atoms with van der Waals surface area (Å²) in [6.45, 7) is 3.09. The van der Waals surface area contributed by atoms with Gasteiger partial charge in [0.05, 0.1) is 12.7 Å². The Morgan fingerprint density at radius 1 is 1.07 bits per heavy atom. The van der Waals surface area contributed by atoms with E-state index in [9.17, 15) is 22.8 Å². The number of methoxy groups -OCH3 is 1. The van der Waals surface area contributed by atoms with Gasteiger partial charge in [0.25, 0.3) is 15.9 Å². The lowest BCUT2D eigenvalue weighted by molar-refractivity contribution is -0.127. The Morgan fingerprint density at radius 3 is 2.27 bits per heavy atom. The molecule has 2 aromatic carbocycles. The van der Waals surface area contributed by atoms with Crippen molar-refractivity contribution in [3.8, 4) is 5.75 Å². The van der Waals surface area contributed by atoms with Gasteiger partial charge in [-0.2, -0.15) is 0 Å². The molecule has 0 aliphatic rings. The van der Waals surface area contributed by atoms with Gasteiger partial charge >= 0.3 is 12.0 Å². The molecular formula is C19H21N3O7S. The summed E-state index contributed by atoms with van der Waals surface area (Å²) in [6.07, 6.45) is -1.34. The van der Waals surface area contributed by atoms with E-state index in [-0.39, 0.29) is 16.2 Å². The number of aryl methyl sites for hydroxylation is 1. The van der Waals surface area contributed by atoms with Crippen LogP contribution in [0.4, 0.5) is 10.5 Å². The normalized spacial score (nSPS) is 11.8. The van der Waals surface area contributed by atoms with Crippen LogP contribution in [-0.4, -0.2) is 39.5 Å². The molecule has 30 heavy (non-hydrogen) atoms. The van der Waals surface area contributed by atoms with Gasteiger partial charge in [0.2, 0.25) is 0 Å². The van der Waals surface area contributed by atoms with Crippen molar-refractivity contribution in [1.29, 1.82) is 0 Å². The van der Waals surface area contributed by atoms with Crippen LogP contribution in [0.15, 0.2) is 47.4 Å². The number of ether oxygens (including phenoxy) is 2. The molecule has 3 amide bonds. The smallest absolute Gasteiger partial charge is 0.338 e. The van der Waals surface area contributed by atoms with Crippen molar-refractivity contribution in [1.82, 2.24) is 5.32 Å². The average Bonchev–Trinajstić information content (AvgIpc) is 2.68. The highest BCUT2D eigenvalue weighted by atomic mass is 32.2. The van der Waals surface area contributed by atoms with E-state index >= 15 is 0 Å². The number of carbonyl (C=O) groups excluding carboxylic acids is 3. The molecular weight excluding hydrogens is 414 g/mol. The second-order valence-corrected chi connectivity index (χ2v) is 7.89. The van der Waals surface area contributed by atoms with Gasteiger partial charge in [0.15, 0.2) is 6.10 Å². The van der Waals surface area contributed by atoms with Crippen LogP contribution in [0.1, 0.15) is 22.8 Å². The number of hydrogen-bond donors (Lipinski definition) is 3. The zero-order chi connectivity index (χ0) is 22.5. The Hall–Kier alpha value is -3.60. The monoisotopic (exact) mass is 435 g/mol. The summed E-state index contributed by atoms with van der Waals surface area (Å²) >= 11 is 0. The van der Waals surface area contributed by atoms with Crippen LogP contribution >= 0.6 is 0 Å². The number of esters is 1. The molecule has 2 rings (SSSR count). The molecule has 0 saturated carbocycles. The van der Waals surface area contributed by atoms with Gasteiger partial charge in [-0.15, -0.1) is 0 Å². The van der Waals surface area contributed by atoms with Gasteiger partial charge in [-0.1, -0.05) is 17.7 Å². The third-order valence-corrected chi connectivity index (χ3v) is 5.29. The lowest BCUT2D eigenvalue weighted by Gasteiger charge is -2.15. The number of carbonyl (C=O) groups is 3. The second kappa shape index (κ2) is 9.27. The zero-order valence-electron chi connectivity index (χ0n) is 16.5. The van der Waals surface area contributed by atoms with Crippen molar-refractivity contribution >= 4 is 33.6 Å². The Kier molecular flexibility index (Phi) is 7.01. The first-order chi connectivity index (χ1) is 14.0. The summed E-state index contributed by atoms with van der Waals surface area (Å²) in [5.41, 5.74) is 5.99. The molecule has 0 aromatic heterocycles. The Labute approximate surface area is 173 Å². The van der Waals surface area contributed by atoms with Crippen LogP contribution < -0.4 is 20.5 Å². The number of nitrogens with two attached hydrogens (primary N) is 1. The number of sulfonamides is 1. The van der Waals surface area contributed by atoms with Crippen molar-refractivity contribution in [3.05, 3.63) is 53.6 Å². The fraction of sp³-hybridized carbons (Fsp3) is 0.211. The molecule has 0 saturated heterocycles. The van der Waals surface area contributed by atoms with Crippen LogP contribution in [0.2, 0.25) is 0 Å². The molecule has 4 N–H and O–H groups in total. The Morgan fingerprint density at radius 2 is 1.70 bits per heavy atom. The largest absolute Gasteiger partial charge is 0.495 e. The third kappa shape index (κ3) is 5.70. The van der Waals surface area contributed by atoms with Crippen molar-refractivity contribution < 1.29 is 32.3 Å². The minimum atomic E-state index is -4.11. The molecule has 160 valence electrons. The molecule has 11 heteroatoms. The van der Waals surface area contributed by atoms with E-state index < -0.39 is 34.0 Å². The predicted molar refractivity (Wildman–Crippen MR) is 108 cm³/mol. The van der Waals surface area contributed by atoms with Crippen molar-refractivity contribution in [2.45, 2.75) is 24.8 Å². The molecule has 10 nitrogen and oxygen atoms in total. The SMILES string of the molecule is COc1ccc(C(=O)OC(C)C(=O)NC(N)=O)cc1S(=O)(=O)Nc1ccc(C)cc1. The van der Waals surface area contributed by atoms with Gasteiger partial charge in [-0.05, 0) is 44.2 Å². The van der Waals surface area contributed by atoms with Crippen molar-refractivity contribution in [3.63, 3.8) is 0 Å². The molecule has 0 aliphatic carbocycles. The number of amides is 3. The van der Waals surface area contributed by atoms with Crippen LogP contribution in [0, 0.1) is 6.92 Å². The fourth-order valence-electron chi connectivity index (χ4n) is 2.35. The van der Waals surface area contributed by atoms with E-state index in [0.717, 1.165) is 11.6 Å².